The van der Waals surface area contributed by atoms with Crippen LogP contribution in [0.2, 0.25) is 0 Å². The molecular formula is C16H21F2N3O2. The van der Waals surface area contributed by atoms with E-state index in [-0.39, 0.29) is 30.2 Å². The highest BCUT2D eigenvalue weighted by Crippen LogP contribution is 2.14. The van der Waals surface area contributed by atoms with Crippen LogP contribution in [0.25, 0.3) is 0 Å². The maximum atomic E-state index is 13.6. The molecule has 126 valence electrons. The predicted molar refractivity (Wildman–Crippen MR) is 81.5 cm³/mol. The standard InChI is InChI=1S/C16H21F2N3O2/c1-10-16(23)20-5-2-6-21(10)15(22)9-13(19)8-11-7-12(17)3-4-14(11)18/h3-4,7,10,13H,2,5-6,8-9,19H2,1H3,(H,20,23)/t10-,13?/m1/s1. The van der Waals surface area contributed by atoms with Crippen molar-refractivity contribution in [1.82, 2.24) is 10.2 Å². The van der Waals surface area contributed by atoms with Gasteiger partial charge in [-0.05, 0) is 43.5 Å². The summed E-state index contributed by atoms with van der Waals surface area (Å²) in [6.07, 6.45) is 0.715. The lowest BCUT2D eigenvalue weighted by molar-refractivity contribution is -0.139. The van der Waals surface area contributed by atoms with E-state index < -0.39 is 23.7 Å². The third-order valence-corrected chi connectivity index (χ3v) is 3.97. The summed E-state index contributed by atoms with van der Waals surface area (Å²) in [5.74, 6) is -1.53. The van der Waals surface area contributed by atoms with Gasteiger partial charge in [0.1, 0.15) is 17.7 Å². The van der Waals surface area contributed by atoms with E-state index in [4.69, 9.17) is 5.73 Å². The number of amides is 2. The average molecular weight is 325 g/mol. The third kappa shape index (κ3) is 4.48. The highest BCUT2D eigenvalue weighted by Gasteiger charge is 2.28. The first-order chi connectivity index (χ1) is 10.9. The average Bonchev–Trinajstić information content (AvgIpc) is 2.65. The number of nitrogens with zero attached hydrogens (tertiary/aromatic N) is 1. The summed E-state index contributed by atoms with van der Waals surface area (Å²) in [4.78, 5) is 25.6. The molecule has 1 aliphatic heterocycles. The summed E-state index contributed by atoms with van der Waals surface area (Å²) in [5, 5.41) is 2.73. The van der Waals surface area contributed by atoms with Crippen LogP contribution in [0.4, 0.5) is 8.78 Å². The summed E-state index contributed by atoms with van der Waals surface area (Å²) in [7, 11) is 0. The molecule has 0 bridgehead atoms. The van der Waals surface area contributed by atoms with Gasteiger partial charge in [-0.15, -0.1) is 0 Å². The molecule has 2 rings (SSSR count). The Labute approximate surface area is 133 Å². The first-order valence-corrected chi connectivity index (χ1v) is 7.65. The Morgan fingerprint density at radius 1 is 1.48 bits per heavy atom. The molecule has 1 fully saturated rings. The SMILES string of the molecule is C[C@@H]1C(=O)NCCCN1C(=O)CC(N)Cc1cc(F)ccc1F. The monoisotopic (exact) mass is 325 g/mol. The van der Waals surface area contributed by atoms with Crippen LogP contribution < -0.4 is 11.1 Å². The van der Waals surface area contributed by atoms with Crippen molar-refractivity contribution in [2.75, 3.05) is 13.1 Å². The summed E-state index contributed by atoms with van der Waals surface area (Å²) in [6, 6.07) is 1.97. The number of rotatable bonds is 4. The van der Waals surface area contributed by atoms with Crippen molar-refractivity contribution in [3.63, 3.8) is 0 Å². The topological polar surface area (TPSA) is 75.4 Å². The zero-order valence-electron chi connectivity index (χ0n) is 13.0. The summed E-state index contributed by atoms with van der Waals surface area (Å²) in [6.45, 7) is 2.67. The van der Waals surface area contributed by atoms with E-state index in [1.807, 2.05) is 0 Å². The molecular weight excluding hydrogens is 304 g/mol. The smallest absolute Gasteiger partial charge is 0.242 e. The fourth-order valence-electron chi connectivity index (χ4n) is 2.68. The van der Waals surface area contributed by atoms with Gasteiger partial charge in [-0.25, -0.2) is 8.78 Å². The Bertz CT molecular complexity index is 595. The van der Waals surface area contributed by atoms with Crippen LogP contribution in [0, 0.1) is 11.6 Å². The molecule has 1 heterocycles. The van der Waals surface area contributed by atoms with Gasteiger partial charge < -0.3 is 16.0 Å². The molecule has 5 nitrogen and oxygen atoms in total. The van der Waals surface area contributed by atoms with Crippen molar-refractivity contribution in [1.29, 1.82) is 0 Å². The zero-order chi connectivity index (χ0) is 17.0. The minimum Gasteiger partial charge on any atom is -0.354 e. The van der Waals surface area contributed by atoms with Crippen LogP contribution in [-0.4, -0.2) is 41.9 Å². The van der Waals surface area contributed by atoms with Crippen LogP contribution in [0.5, 0.6) is 0 Å². The molecule has 3 N–H and O–H groups in total. The largest absolute Gasteiger partial charge is 0.354 e. The second-order valence-corrected chi connectivity index (χ2v) is 5.81. The van der Waals surface area contributed by atoms with E-state index in [2.05, 4.69) is 5.32 Å². The predicted octanol–water partition coefficient (Wildman–Crippen LogP) is 0.962. The number of carbonyl (C=O) groups is 2. The maximum Gasteiger partial charge on any atom is 0.242 e. The number of benzene rings is 1. The lowest BCUT2D eigenvalue weighted by atomic mass is 10.0. The minimum absolute atomic E-state index is 0.0203. The Morgan fingerprint density at radius 2 is 2.22 bits per heavy atom. The molecule has 0 saturated carbocycles. The van der Waals surface area contributed by atoms with Gasteiger partial charge in [0.2, 0.25) is 11.8 Å². The second kappa shape index (κ2) is 7.50. The van der Waals surface area contributed by atoms with Crippen LogP contribution >= 0.6 is 0 Å². The lowest BCUT2D eigenvalue weighted by Crippen LogP contribution is -2.46. The molecule has 0 radical (unpaired) electrons. The third-order valence-electron chi connectivity index (χ3n) is 3.97. The molecule has 1 saturated heterocycles. The zero-order valence-corrected chi connectivity index (χ0v) is 13.0. The van der Waals surface area contributed by atoms with Gasteiger partial charge in [-0.2, -0.15) is 0 Å². The van der Waals surface area contributed by atoms with E-state index >= 15 is 0 Å². The van der Waals surface area contributed by atoms with Crippen LogP contribution in [0.1, 0.15) is 25.3 Å². The van der Waals surface area contributed by atoms with Gasteiger partial charge in [0.15, 0.2) is 0 Å². The van der Waals surface area contributed by atoms with Gasteiger partial charge in [0.05, 0.1) is 0 Å². The van der Waals surface area contributed by atoms with Crippen molar-refractivity contribution in [3.8, 4) is 0 Å². The first kappa shape index (κ1) is 17.3. The summed E-state index contributed by atoms with van der Waals surface area (Å²) < 4.78 is 26.8. The second-order valence-electron chi connectivity index (χ2n) is 5.81. The summed E-state index contributed by atoms with van der Waals surface area (Å²) >= 11 is 0. The van der Waals surface area contributed by atoms with Crippen LogP contribution in [0.15, 0.2) is 18.2 Å². The number of nitrogens with one attached hydrogen (secondary N) is 1. The van der Waals surface area contributed by atoms with E-state index in [1.165, 1.54) is 4.90 Å². The quantitative estimate of drug-likeness (QED) is 0.866. The fourth-order valence-corrected chi connectivity index (χ4v) is 2.68. The van der Waals surface area contributed by atoms with Crippen molar-refractivity contribution >= 4 is 11.8 Å². The van der Waals surface area contributed by atoms with Crippen molar-refractivity contribution in [2.24, 2.45) is 5.73 Å². The van der Waals surface area contributed by atoms with Gasteiger partial charge in [-0.1, -0.05) is 0 Å². The Balaban J connectivity index is 1.98. The normalized spacial score (nSPS) is 19.9. The lowest BCUT2D eigenvalue weighted by Gasteiger charge is -2.26. The molecule has 0 spiro atoms. The van der Waals surface area contributed by atoms with Gasteiger partial charge in [-0.3, -0.25) is 9.59 Å². The molecule has 2 atom stereocenters. The molecule has 1 aromatic carbocycles. The highest BCUT2D eigenvalue weighted by atomic mass is 19.1. The van der Waals surface area contributed by atoms with Crippen molar-refractivity contribution in [3.05, 3.63) is 35.4 Å². The molecule has 7 heteroatoms. The first-order valence-electron chi connectivity index (χ1n) is 7.65. The van der Waals surface area contributed by atoms with E-state index in [9.17, 15) is 18.4 Å². The van der Waals surface area contributed by atoms with Gasteiger partial charge in [0, 0.05) is 25.6 Å². The molecule has 0 aliphatic carbocycles. The molecule has 23 heavy (non-hydrogen) atoms. The van der Waals surface area contributed by atoms with E-state index in [1.54, 1.807) is 6.92 Å². The van der Waals surface area contributed by atoms with Gasteiger partial charge in [0.25, 0.3) is 0 Å². The Hall–Kier alpha value is -2.02. The highest BCUT2D eigenvalue weighted by molar-refractivity contribution is 5.87. The number of halogens is 2. The Kier molecular flexibility index (Phi) is 5.65. The van der Waals surface area contributed by atoms with E-state index in [0.717, 1.165) is 18.2 Å². The molecule has 2 amide bonds. The van der Waals surface area contributed by atoms with Crippen molar-refractivity contribution in [2.45, 2.75) is 38.3 Å². The number of hydrogen-bond acceptors (Lipinski definition) is 3. The number of nitrogens with two attached hydrogens (primary N) is 1. The fraction of sp³-hybridized carbons (Fsp3) is 0.500. The maximum absolute atomic E-state index is 13.6. The molecule has 1 unspecified atom stereocenters. The molecule has 1 aliphatic rings. The van der Waals surface area contributed by atoms with Crippen LogP contribution in [0.3, 0.4) is 0 Å². The Morgan fingerprint density at radius 3 is 2.96 bits per heavy atom. The summed E-state index contributed by atoms with van der Waals surface area (Å²) in [5.41, 5.74) is 6.06. The van der Waals surface area contributed by atoms with Crippen LogP contribution in [-0.2, 0) is 16.0 Å². The molecule has 0 aromatic heterocycles. The number of carbonyl (C=O) groups excluding carboxylic acids is 2. The minimum atomic E-state index is -0.641. The van der Waals surface area contributed by atoms with E-state index in [0.29, 0.717) is 19.5 Å². The molecule has 1 aromatic rings. The number of hydrogen-bond donors (Lipinski definition) is 2. The van der Waals surface area contributed by atoms with Gasteiger partial charge >= 0.3 is 0 Å². The van der Waals surface area contributed by atoms with Crippen molar-refractivity contribution < 1.29 is 18.4 Å².